The molecule has 1 aromatic heterocycles. The number of hydrogen-bond donors (Lipinski definition) is 1. The van der Waals surface area contributed by atoms with Crippen molar-refractivity contribution in [3.8, 4) is 11.5 Å². The van der Waals surface area contributed by atoms with Crippen LogP contribution in [0, 0.1) is 13.8 Å². The van der Waals surface area contributed by atoms with Gasteiger partial charge in [0.2, 0.25) is 0 Å². The first kappa shape index (κ1) is 28.0. The zero-order valence-electron chi connectivity index (χ0n) is 24.3. The molecule has 8 heteroatoms. The zero-order chi connectivity index (χ0) is 29.5. The van der Waals surface area contributed by atoms with Gasteiger partial charge < -0.3 is 14.6 Å². The van der Waals surface area contributed by atoms with Crippen LogP contribution in [0.2, 0.25) is 0 Å². The van der Waals surface area contributed by atoms with Crippen LogP contribution in [0.25, 0.3) is 16.0 Å². The van der Waals surface area contributed by atoms with Crippen molar-refractivity contribution in [2.75, 3.05) is 11.5 Å². The van der Waals surface area contributed by atoms with Crippen molar-refractivity contribution >= 4 is 44.1 Å². The second-order valence-corrected chi connectivity index (χ2v) is 12.2. The standard InChI is InChI=1S/C34H34N2O5S/c1-5-6-7-13-40-25-10-8-9-22(18-25)30-28(31(37)23-11-12-26-24(17-23)16-21(4)41-26)32(38)33(39)36(30)34-35-29-20(3)14-19(2)15-27(29)42-34/h8-12,14-15,17-18,21,30,37H,5-7,13,16H2,1-4H3/b31-28+. The number of nitrogens with zero attached hydrogens (tertiary/aromatic N) is 2. The Bertz CT molecular complexity index is 1740. The minimum Gasteiger partial charge on any atom is -0.507 e. The number of hydrogen-bond acceptors (Lipinski definition) is 7. The van der Waals surface area contributed by atoms with E-state index in [2.05, 4.69) is 13.0 Å². The summed E-state index contributed by atoms with van der Waals surface area (Å²) < 4.78 is 12.8. The predicted octanol–water partition coefficient (Wildman–Crippen LogP) is 7.43. The molecule has 3 heterocycles. The Balaban J connectivity index is 1.49. The van der Waals surface area contributed by atoms with E-state index in [1.54, 1.807) is 6.07 Å². The lowest BCUT2D eigenvalue weighted by Crippen LogP contribution is -2.29. The number of ketones is 1. The highest BCUT2D eigenvalue weighted by Gasteiger charge is 2.48. The fourth-order valence-electron chi connectivity index (χ4n) is 5.85. The third-order valence-corrected chi connectivity index (χ3v) is 8.83. The molecule has 2 atom stereocenters. The Kier molecular flexibility index (Phi) is 7.49. The highest BCUT2D eigenvalue weighted by molar-refractivity contribution is 7.22. The second kappa shape index (κ2) is 11.2. The number of Topliss-reactive ketones (excluding diaryl/α,β-unsaturated/α-hetero) is 1. The van der Waals surface area contributed by atoms with Gasteiger partial charge in [-0.15, -0.1) is 0 Å². The molecule has 1 fully saturated rings. The van der Waals surface area contributed by atoms with Gasteiger partial charge >= 0.3 is 5.91 Å². The van der Waals surface area contributed by atoms with Crippen molar-refractivity contribution in [2.24, 2.45) is 0 Å². The molecular weight excluding hydrogens is 548 g/mol. The van der Waals surface area contributed by atoms with E-state index in [-0.39, 0.29) is 17.4 Å². The topological polar surface area (TPSA) is 89.0 Å². The maximum atomic E-state index is 13.8. The van der Waals surface area contributed by atoms with Crippen LogP contribution in [0.15, 0.2) is 60.2 Å². The smallest absolute Gasteiger partial charge is 0.301 e. The van der Waals surface area contributed by atoms with E-state index in [4.69, 9.17) is 14.5 Å². The number of carbonyl (C=O) groups is 2. The molecular formula is C34H34N2O5S. The van der Waals surface area contributed by atoms with Crippen LogP contribution in [-0.4, -0.2) is 34.5 Å². The minimum absolute atomic E-state index is 0.0298. The Hall–Kier alpha value is -4.17. The summed E-state index contributed by atoms with van der Waals surface area (Å²) in [7, 11) is 0. The quantitative estimate of drug-likeness (QED) is 0.101. The second-order valence-electron chi connectivity index (χ2n) is 11.2. The van der Waals surface area contributed by atoms with Gasteiger partial charge in [-0.2, -0.15) is 0 Å². The Morgan fingerprint density at radius 3 is 2.76 bits per heavy atom. The van der Waals surface area contributed by atoms with Gasteiger partial charge in [0, 0.05) is 12.0 Å². The summed E-state index contributed by atoms with van der Waals surface area (Å²) in [5.74, 6) is -0.269. The molecule has 0 aliphatic carbocycles. The minimum atomic E-state index is -0.880. The number of carbonyl (C=O) groups excluding carboxylic acids is 2. The van der Waals surface area contributed by atoms with Crippen LogP contribution in [0.1, 0.15) is 67.0 Å². The van der Waals surface area contributed by atoms with Crippen molar-refractivity contribution in [3.63, 3.8) is 0 Å². The number of aromatic nitrogens is 1. The molecule has 0 radical (unpaired) electrons. The van der Waals surface area contributed by atoms with E-state index in [9.17, 15) is 14.7 Å². The number of rotatable bonds is 8. The van der Waals surface area contributed by atoms with Gasteiger partial charge in [-0.1, -0.05) is 49.3 Å². The van der Waals surface area contributed by atoms with E-state index in [1.165, 1.54) is 16.2 Å². The van der Waals surface area contributed by atoms with Crippen LogP contribution >= 0.6 is 11.3 Å². The van der Waals surface area contributed by atoms with E-state index >= 15 is 0 Å². The van der Waals surface area contributed by atoms with Crippen LogP contribution in [0.5, 0.6) is 11.5 Å². The van der Waals surface area contributed by atoms with Crippen molar-refractivity contribution in [1.82, 2.24) is 4.98 Å². The number of fused-ring (bicyclic) bond motifs is 2. The van der Waals surface area contributed by atoms with E-state index in [1.807, 2.05) is 63.2 Å². The third kappa shape index (κ3) is 5.04. The van der Waals surface area contributed by atoms with Crippen molar-refractivity contribution < 1.29 is 24.2 Å². The van der Waals surface area contributed by atoms with Gasteiger partial charge in [0.05, 0.1) is 28.4 Å². The first-order valence-electron chi connectivity index (χ1n) is 14.5. The number of thiazole rings is 1. The molecule has 2 unspecified atom stereocenters. The van der Waals surface area contributed by atoms with Gasteiger partial charge in [0.15, 0.2) is 5.13 Å². The molecule has 0 bridgehead atoms. The van der Waals surface area contributed by atoms with Crippen molar-refractivity contribution in [1.29, 1.82) is 0 Å². The molecule has 7 nitrogen and oxygen atoms in total. The molecule has 216 valence electrons. The average Bonchev–Trinajstić information content (AvgIpc) is 3.63. The molecule has 3 aromatic carbocycles. The lowest BCUT2D eigenvalue weighted by atomic mass is 9.94. The zero-order valence-corrected chi connectivity index (χ0v) is 25.1. The number of aryl methyl sites for hydroxylation is 2. The molecule has 0 saturated carbocycles. The van der Waals surface area contributed by atoms with E-state index < -0.39 is 17.7 Å². The Morgan fingerprint density at radius 2 is 1.95 bits per heavy atom. The predicted molar refractivity (Wildman–Crippen MR) is 166 cm³/mol. The monoisotopic (exact) mass is 582 g/mol. The van der Waals surface area contributed by atoms with Crippen LogP contribution in [0.3, 0.4) is 0 Å². The molecule has 6 rings (SSSR count). The lowest BCUT2D eigenvalue weighted by Gasteiger charge is -2.23. The molecule has 42 heavy (non-hydrogen) atoms. The molecule has 1 N–H and O–H groups in total. The SMILES string of the molecule is CCCCCOc1cccc(C2/C(=C(\O)c3ccc4c(c3)CC(C)O4)C(=O)C(=O)N2c2nc3c(C)cc(C)cc3s2)c1. The van der Waals surface area contributed by atoms with Gasteiger partial charge in [-0.05, 0) is 85.8 Å². The van der Waals surface area contributed by atoms with Crippen molar-refractivity contribution in [2.45, 2.75) is 65.5 Å². The Labute approximate surface area is 249 Å². The van der Waals surface area contributed by atoms with E-state index in [0.29, 0.717) is 35.0 Å². The maximum absolute atomic E-state index is 13.8. The number of benzene rings is 3. The highest BCUT2D eigenvalue weighted by atomic mass is 32.1. The summed E-state index contributed by atoms with van der Waals surface area (Å²) in [5.41, 5.74) is 5.00. The first-order chi connectivity index (χ1) is 20.2. The normalized spacial score (nSPS) is 19.4. The largest absolute Gasteiger partial charge is 0.507 e. The summed E-state index contributed by atoms with van der Waals surface area (Å²) >= 11 is 1.37. The number of aliphatic hydroxyl groups excluding tert-OH is 1. The van der Waals surface area contributed by atoms with Gasteiger partial charge in [0.25, 0.3) is 5.78 Å². The van der Waals surface area contributed by atoms with Crippen LogP contribution in [-0.2, 0) is 16.0 Å². The molecule has 1 saturated heterocycles. The fourth-order valence-corrected chi connectivity index (χ4v) is 7.02. The summed E-state index contributed by atoms with van der Waals surface area (Å²) in [4.78, 5) is 33.8. The molecule has 0 spiro atoms. The van der Waals surface area contributed by atoms with Crippen molar-refractivity contribution in [3.05, 3.63) is 88.0 Å². The average molecular weight is 583 g/mol. The summed E-state index contributed by atoms with van der Waals surface area (Å²) in [6.07, 6.45) is 3.84. The number of anilines is 1. The molecule has 1 amide bonds. The Morgan fingerprint density at radius 1 is 1.12 bits per heavy atom. The number of ether oxygens (including phenoxy) is 2. The van der Waals surface area contributed by atoms with Gasteiger partial charge in [0.1, 0.15) is 23.4 Å². The summed E-state index contributed by atoms with van der Waals surface area (Å²) in [6, 6.07) is 16.0. The van der Waals surface area contributed by atoms with Gasteiger partial charge in [-0.25, -0.2) is 4.98 Å². The highest BCUT2D eigenvalue weighted by Crippen LogP contribution is 2.45. The number of aliphatic hydroxyl groups is 1. The maximum Gasteiger partial charge on any atom is 0.301 e. The van der Waals surface area contributed by atoms with Crippen LogP contribution < -0.4 is 14.4 Å². The van der Waals surface area contributed by atoms with Gasteiger partial charge in [-0.3, -0.25) is 14.5 Å². The molecule has 2 aliphatic heterocycles. The molecule has 2 aliphatic rings. The lowest BCUT2D eigenvalue weighted by molar-refractivity contribution is -0.132. The van der Waals surface area contributed by atoms with Crippen LogP contribution in [0.4, 0.5) is 5.13 Å². The third-order valence-electron chi connectivity index (χ3n) is 7.83. The van der Waals surface area contributed by atoms with E-state index in [0.717, 1.165) is 51.9 Å². The summed E-state index contributed by atoms with van der Waals surface area (Å²) in [5, 5.41) is 12.1. The fraction of sp³-hybridized carbons (Fsp3) is 0.324. The molecule has 4 aromatic rings. The number of unbranched alkanes of at least 4 members (excludes halogenated alkanes) is 2. The first-order valence-corrected chi connectivity index (χ1v) is 15.3. The summed E-state index contributed by atoms with van der Waals surface area (Å²) in [6.45, 7) is 8.71. The number of amides is 1.